The molecule has 1 aliphatic carbocycles. The van der Waals surface area contributed by atoms with E-state index in [9.17, 15) is 64.2 Å². The molecule has 3 heterocycles. The molecule has 18 nitrogen and oxygen atoms in total. The fraction of sp³-hybridized carbons (Fsp3) is 0.727. The van der Waals surface area contributed by atoms with Crippen molar-refractivity contribution in [1.82, 2.24) is 4.90 Å². The Labute approximate surface area is 430 Å². The number of aliphatic hydroxyl groups excluding tert-OH is 6. The molecule has 4 aliphatic rings. The predicted molar refractivity (Wildman–Crippen MR) is 267 cm³/mol. The van der Waals surface area contributed by atoms with Gasteiger partial charge in [-0.2, -0.15) is 0 Å². The minimum Gasteiger partial charge on any atom is -0.460 e. The van der Waals surface area contributed by atoms with E-state index in [1.165, 1.54) is 34.1 Å². The van der Waals surface area contributed by atoms with Gasteiger partial charge < -0.3 is 54.5 Å². The van der Waals surface area contributed by atoms with Gasteiger partial charge in [0.25, 0.3) is 11.7 Å². The smallest absolute Gasteiger partial charge is 0.329 e. The molecular weight excluding hydrogens is 947 g/mol. The number of nitrogens with zero attached hydrogens (tertiary/aromatic N) is 1. The number of carbonyl (C=O) groups is 7. The van der Waals surface area contributed by atoms with Crippen molar-refractivity contribution in [3.8, 4) is 0 Å². The van der Waals surface area contributed by atoms with Crippen molar-refractivity contribution in [2.45, 2.75) is 161 Å². The lowest BCUT2D eigenvalue weighted by Gasteiger charge is -2.49. The van der Waals surface area contributed by atoms with Gasteiger partial charge in [-0.05, 0) is 94.6 Å². The quantitative estimate of drug-likeness (QED) is 0.110. The topological polar surface area (TPSA) is 281 Å². The lowest BCUT2D eigenvalue weighted by molar-refractivity contribution is -0.186. The van der Waals surface area contributed by atoms with Crippen molar-refractivity contribution in [2.24, 2.45) is 52.8 Å². The highest BCUT2D eigenvalue weighted by Crippen LogP contribution is 2.45. The molecule has 1 saturated carbocycles. The second-order valence-corrected chi connectivity index (χ2v) is 21.6. The van der Waals surface area contributed by atoms with Crippen LogP contribution in [0.5, 0.6) is 0 Å². The van der Waals surface area contributed by atoms with Crippen LogP contribution in [-0.2, 0) is 52.5 Å². The first-order valence-electron chi connectivity index (χ1n) is 26.0. The van der Waals surface area contributed by atoms with E-state index in [4.69, 9.17) is 18.9 Å². The molecule has 6 N–H and O–H groups in total. The Bertz CT molecular complexity index is 2060. The fourth-order valence-electron chi connectivity index (χ4n) is 11.0. The Morgan fingerprint density at radius 3 is 2.15 bits per heavy atom. The Morgan fingerprint density at radius 2 is 1.52 bits per heavy atom. The summed E-state index contributed by atoms with van der Waals surface area (Å²) in [6, 6.07) is -1.30. The third-order valence-electron chi connectivity index (χ3n) is 15.9. The maximum absolute atomic E-state index is 14.2. The average Bonchev–Trinajstić information content (AvgIpc) is 3.37. The van der Waals surface area contributed by atoms with E-state index in [0.29, 0.717) is 50.5 Å². The molecule has 0 spiro atoms. The molecule has 4 bridgehead atoms. The SMILES string of the molecule is CO[C@H]1CC(O)CC(O)[C@@H](C)C(=O)C(=O)C(=O)N2CCCC3[C@H]2C(=O)O[C@@H](CC(=O)[C@H](C)/C=C(\C)[C@@H](O)[C@@H](CO)C(=O)[C@H](C)C[C@H](C)/C=C/C=C/C=C1C)[C@H]3C[C@@H]1CC[C@@H](OC(=O)C(C)(CO)CO)[C@H](OC)C1. The summed E-state index contributed by atoms with van der Waals surface area (Å²) >= 11 is 0. The second kappa shape index (κ2) is 28.0. The molecule has 0 radical (unpaired) electrons. The van der Waals surface area contributed by atoms with Crippen LogP contribution in [0.3, 0.4) is 0 Å². The molecule has 4 rings (SSSR count). The molecule has 3 unspecified atom stereocenters. The van der Waals surface area contributed by atoms with Gasteiger partial charge in [-0.25, -0.2) is 4.79 Å². The molecule has 3 aliphatic heterocycles. The highest BCUT2D eigenvalue weighted by atomic mass is 16.6. The zero-order valence-electron chi connectivity index (χ0n) is 44.2. The van der Waals surface area contributed by atoms with Crippen molar-refractivity contribution in [3.05, 3.63) is 47.6 Å². The first-order valence-corrected chi connectivity index (χ1v) is 26.0. The summed E-state index contributed by atoms with van der Waals surface area (Å²) in [5.74, 6) is -11.6. The second-order valence-electron chi connectivity index (χ2n) is 21.6. The molecule has 3 fully saturated rings. The molecule has 16 atom stereocenters. The summed E-state index contributed by atoms with van der Waals surface area (Å²) in [5.41, 5.74) is -0.491. The molecule has 0 aromatic rings. The van der Waals surface area contributed by atoms with Crippen molar-refractivity contribution in [1.29, 1.82) is 0 Å². The number of allylic oxidation sites excluding steroid dienone is 6. The first-order chi connectivity index (χ1) is 34.5. The van der Waals surface area contributed by atoms with E-state index in [2.05, 4.69) is 0 Å². The summed E-state index contributed by atoms with van der Waals surface area (Å²) < 4.78 is 23.3. The van der Waals surface area contributed by atoms with Crippen LogP contribution in [0.1, 0.15) is 113 Å². The van der Waals surface area contributed by atoms with E-state index in [1.807, 2.05) is 19.1 Å². The van der Waals surface area contributed by atoms with Gasteiger partial charge in [0, 0.05) is 63.7 Å². The Hall–Kier alpha value is -4.27. The normalized spacial score (nSPS) is 37.3. The highest BCUT2D eigenvalue weighted by molar-refractivity contribution is 6.63. The van der Waals surface area contributed by atoms with Gasteiger partial charge in [-0.3, -0.25) is 28.8 Å². The number of ketones is 4. The van der Waals surface area contributed by atoms with Crippen LogP contribution >= 0.6 is 0 Å². The standard InChI is InChI=1S/C55H83NO17/c1-30-14-11-10-12-15-31(2)44(70-8)25-37(60)24-42(62)35(6)50(65)51(66)52(67)56-19-13-16-38-39(22-36-17-18-43(46(23-36)71-9)73-54(69)55(7,28-58)29-59)45(72-53(68)47(38)56)26-41(61)32(3)21-34(5)49(64)40(27-57)48(63)33(4)20-30/h10-12,14-15,21,30,32-33,35-40,42-47,49,57-60,62,64H,13,16-20,22-29H2,1-9H3/b12-10+,14-11+,31-15?,34-21+/t30-,32-,33-,35-,36+,37?,38?,39+,40+,42?,43-,44+,45+,46-,47+,49-/m1/s1. The van der Waals surface area contributed by atoms with Crippen LogP contribution in [0.2, 0.25) is 0 Å². The van der Waals surface area contributed by atoms with Crippen molar-refractivity contribution in [3.63, 3.8) is 0 Å². The zero-order chi connectivity index (χ0) is 54.5. The molecule has 73 heavy (non-hydrogen) atoms. The third-order valence-corrected chi connectivity index (χ3v) is 15.9. The number of Topliss-reactive ketones (excluding diaryl/α,β-unsaturated/α-hetero) is 4. The number of hydrogen-bond acceptors (Lipinski definition) is 17. The lowest BCUT2D eigenvalue weighted by Crippen LogP contribution is -2.62. The van der Waals surface area contributed by atoms with Gasteiger partial charge in [0.1, 0.15) is 35.2 Å². The number of methoxy groups -OCH3 is 2. The lowest BCUT2D eigenvalue weighted by atomic mass is 9.68. The number of esters is 2. The fourth-order valence-corrected chi connectivity index (χ4v) is 11.0. The number of piperidine rings is 1. The predicted octanol–water partition coefficient (Wildman–Crippen LogP) is 3.35. The summed E-state index contributed by atoms with van der Waals surface area (Å²) in [6.07, 6.45) is 5.80. The van der Waals surface area contributed by atoms with E-state index >= 15 is 0 Å². The maximum atomic E-state index is 14.2. The minimum atomic E-state index is -1.53. The number of fused-ring (bicyclic) bond motifs is 1. The summed E-state index contributed by atoms with van der Waals surface area (Å²) in [7, 11) is 2.94. The maximum Gasteiger partial charge on any atom is 0.329 e. The van der Waals surface area contributed by atoms with Crippen LogP contribution in [0.25, 0.3) is 0 Å². The van der Waals surface area contributed by atoms with Crippen LogP contribution in [0, 0.1) is 52.8 Å². The van der Waals surface area contributed by atoms with E-state index in [0.717, 1.165) is 10.5 Å². The number of amides is 1. The average molecular weight is 1030 g/mol. The molecule has 410 valence electrons. The van der Waals surface area contributed by atoms with E-state index in [1.54, 1.807) is 45.9 Å². The largest absolute Gasteiger partial charge is 0.460 e. The van der Waals surface area contributed by atoms with E-state index < -0.39 is 139 Å². The van der Waals surface area contributed by atoms with Crippen molar-refractivity contribution >= 4 is 41.0 Å². The number of rotatable bonds is 9. The Morgan fingerprint density at radius 1 is 0.836 bits per heavy atom. The molecule has 18 heteroatoms. The Balaban J connectivity index is 1.71. The molecule has 0 aromatic heterocycles. The van der Waals surface area contributed by atoms with Crippen LogP contribution in [-0.4, -0.2) is 166 Å². The van der Waals surface area contributed by atoms with Crippen LogP contribution in [0.4, 0.5) is 0 Å². The highest BCUT2D eigenvalue weighted by Gasteiger charge is 2.54. The molecule has 2 saturated heterocycles. The molecule has 0 aromatic carbocycles. The summed E-state index contributed by atoms with van der Waals surface area (Å²) in [5, 5.41) is 63.6. The van der Waals surface area contributed by atoms with Gasteiger partial charge in [0.15, 0.2) is 0 Å². The van der Waals surface area contributed by atoms with Gasteiger partial charge in [-0.15, -0.1) is 0 Å². The van der Waals surface area contributed by atoms with E-state index in [-0.39, 0.29) is 49.2 Å². The van der Waals surface area contributed by atoms with Crippen LogP contribution in [0.15, 0.2) is 47.6 Å². The van der Waals surface area contributed by atoms with Gasteiger partial charge in [0.05, 0.1) is 56.3 Å². The first kappa shape index (κ1) is 61.3. The van der Waals surface area contributed by atoms with Gasteiger partial charge in [0.2, 0.25) is 5.78 Å². The molecule has 1 amide bonds. The number of aliphatic hydroxyl groups is 6. The van der Waals surface area contributed by atoms with Crippen molar-refractivity contribution < 1.29 is 83.1 Å². The third kappa shape index (κ3) is 15.7. The van der Waals surface area contributed by atoms with Crippen LogP contribution < -0.4 is 0 Å². The number of ether oxygens (including phenoxy) is 4. The Kier molecular flexibility index (Phi) is 23.5. The number of carbonyl (C=O) groups excluding carboxylic acids is 7. The van der Waals surface area contributed by atoms with Crippen molar-refractivity contribution in [2.75, 3.05) is 40.6 Å². The summed E-state index contributed by atoms with van der Waals surface area (Å²) in [6.45, 7) is 9.40. The van der Waals surface area contributed by atoms with Gasteiger partial charge in [-0.1, -0.05) is 64.2 Å². The zero-order valence-corrected chi connectivity index (χ0v) is 44.2. The number of hydrogen-bond donors (Lipinski definition) is 6. The molecular formula is C55H83NO17. The summed E-state index contributed by atoms with van der Waals surface area (Å²) in [4.78, 5) is 97.9. The van der Waals surface area contributed by atoms with Gasteiger partial charge >= 0.3 is 11.9 Å². The monoisotopic (exact) mass is 1030 g/mol. The minimum absolute atomic E-state index is 0.0382.